The highest BCUT2D eigenvalue weighted by Gasteiger charge is 2.18. The number of Topliss-reactive ketones (excluding diaryl/α,β-unsaturated/α-hetero) is 1. The fourth-order valence-electron chi connectivity index (χ4n) is 3.94. The predicted molar refractivity (Wildman–Crippen MR) is 131 cm³/mol. The van der Waals surface area contributed by atoms with E-state index < -0.39 is 23.0 Å². The van der Waals surface area contributed by atoms with Gasteiger partial charge >= 0.3 is 0 Å². The van der Waals surface area contributed by atoms with Crippen molar-refractivity contribution in [2.45, 2.75) is 13.3 Å². The van der Waals surface area contributed by atoms with E-state index in [4.69, 9.17) is 4.74 Å². The minimum Gasteiger partial charge on any atom is -0.452 e. The monoisotopic (exact) mass is 483 g/mol. The Hall–Kier alpha value is -4.72. The van der Waals surface area contributed by atoms with Crippen molar-refractivity contribution < 1.29 is 18.3 Å². The molecule has 0 radical (unpaired) electrons. The van der Waals surface area contributed by atoms with Gasteiger partial charge in [-0.2, -0.15) is 0 Å². The summed E-state index contributed by atoms with van der Waals surface area (Å²) in [6.45, 7) is 1.66. The number of aromatic nitrogens is 3. The first kappa shape index (κ1) is 23.0. The molecule has 0 saturated heterocycles. The Morgan fingerprint density at radius 2 is 1.75 bits per heavy atom. The summed E-state index contributed by atoms with van der Waals surface area (Å²) in [5, 5.41) is 0. The molecule has 0 aliphatic heterocycles. The Morgan fingerprint density at radius 1 is 0.944 bits per heavy atom. The molecular formula is C28H19F2N3O3. The number of carbonyl (C=O) groups excluding carboxylic acids is 1. The van der Waals surface area contributed by atoms with E-state index in [0.29, 0.717) is 33.6 Å². The molecule has 0 amide bonds. The van der Waals surface area contributed by atoms with Crippen LogP contribution in [0.25, 0.3) is 16.7 Å². The number of aryl methyl sites for hydroxylation is 1. The third kappa shape index (κ3) is 4.48. The molecule has 5 rings (SSSR count). The summed E-state index contributed by atoms with van der Waals surface area (Å²) in [4.78, 5) is 34.6. The van der Waals surface area contributed by atoms with E-state index >= 15 is 0 Å². The van der Waals surface area contributed by atoms with E-state index in [0.717, 1.165) is 0 Å². The Kier molecular flexibility index (Phi) is 6.08. The second kappa shape index (κ2) is 9.50. The van der Waals surface area contributed by atoms with Crippen molar-refractivity contribution in [1.82, 2.24) is 14.5 Å². The Balaban J connectivity index is 1.40. The molecule has 0 N–H and O–H groups in total. The van der Waals surface area contributed by atoms with Crippen LogP contribution in [0.5, 0.6) is 11.5 Å². The lowest BCUT2D eigenvalue weighted by atomic mass is 10.0. The van der Waals surface area contributed by atoms with Gasteiger partial charge < -0.3 is 4.74 Å². The number of carbonyl (C=O) groups is 1. The maximum Gasteiger partial charge on any atom is 0.266 e. The standard InChI is InChI=1S/C28H19F2N3O3/c1-17-11-14-33(20-7-5-19(29)6-8-20)28(35)26(17)23(34)16-18-4-9-24(21(30)15-18)36-25-10-13-31-22-3-2-12-32-27(22)25/h2-15H,16H2,1H3. The summed E-state index contributed by atoms with van der Waals surface area (Å²) in [6.07, 6.45) is 4.49. The Morgan fingerprint density at radius 3 is 2.53 bits per heavy atom. The first-order chi connectivity index (χ1) is 17.4. The van der Waals surface area contributed by atoms with Crippen LogP contribution >= 0.6 is 0 Å². The molecule has 0 aliphatic rings. The molecule has 0 aliphatic carbocycles. The van der Waals surface area contributed by atoms with Crippen molar-refractivity contribution in [1.29, 1.82) is 0 Å². The van der Waals surface area contributed by atoms with Crippen LogP contribution in [0, 0.1) is 18.6 Å². The van der Waals surface area contributed by atoms with Gasteiger partial charge in [0, 0.05) is 36.8 Å². The molecule has 0 saturated carbocycles. The van der Waals surface area contributed by atoms with Crippen molar-refractivity contribution in [3.63, 3.8) is 0 Å². The van der Waals surface area contributed by atoms with Crippen LogP contribution in [0.3, 0.4) is 0 Å². The van der Waals surface area contributed by atoms with Gasteiger partial charge in [0.2, 0.25) is 0 Å². The summed E-state index contributed by atoms with van der Waals surface area (Å²) < 4.78 is 35.2. The van der Waals surface area contributed by atoms with Gasteiger partial charge in [0.1, 0.15) is 11.3 Å². The SMILES string of the molecule is Cc1ccn(-c2ccc(F)cc2)c(=O)c1C(=O)Cc1ccc(Oc2ccnc3cccnc23)c(F)c1. The fraction of sp³-hybridized carbons (Fsp3) is 0.0714. The quantitative estimate of drug-likeness (QED) is 0.295. The lowest BCUT2D eigenvalue weighted by Crippen LogP contribution is -2.27. The van der Waals surface area contributed by atoms with E-state index in [9.17, 15) is 18.4 Å². The predicted octanol–water partition coefficient (Wildman–Crippen LogP) is 5.59. The molecule has 5 aromatic rings. The number of ether oxygens (including phenoxy) is 1. The topological polar surface area (TPSA) is 74.1 Å². The minimum atomic E-state index is -0.658. The van der Waals surface area contributed by atoms with E-state index in [-0.39, 0.29) is 17.7 Å². The van der Waals surface area contributed by atoms with E-state index in [1.165, 1.54) is 47.2 Å². The van der Waals surface area contributed by atoms with Crippen molar-refractivity contribution in [3.8, 4) is 17.2 Å². The van der Waals surface area contributed by atoms with Crippen LogP contribution in [0.15, 0.2) is 90.1 Å². The molecule has 8 heteroatoms. The normalized spacial score (nSPS) is 11.0. The number of halogens is 2. The average Bonchev–Trinajstić information content (AvgIpc) is 2.87. The first-order valence-electron chi connectivity index (χ1n) is 11.1. The fourth-order valence-corrected chi connectivity index (χ4v) is 3.94. The van der Waals surface area contributed by atoms with Gasteiger partial charge in [0.05, 0.1) is 11.1 Å². The summed E-state index contributed by atoms with van der Waals surface area (Å²) in [7, 11) is 0. The minimum absolute atomic E-state index is 0.00288. The number of hydrogen-bond acceptors (Lipinski definition) is 5. The van der Waals surface area contributed by atoms with Crippen LogP contribution in [0.2, 0.25) is 0 Å². The van der Waals surface area contributed by atoms with Gasteiger partial charge in [-0.25, -0.2) is 8.78 Å². The molecule has 3 aromatic heterocycles. The summed E-state index contributed by atoms with van der Waals surface area (Å²) >= 11 is 0. The smallest absolute Gasteiger partial charge is 0.266 e. The molecule has 0 fully saturated rings. The first-order valence-corrected chi connectivity index (χ1v) is 11.1. The molecular weight excluding hydrogens is 464 g/mol. The van der Waals surface area contributed by atoms with Gasteiger partial charge in [-0.1, -0.05) is 6.07 Å². The number of nitrogens with zero attached hydrogens (tertiary/aromatic N) is 3. The highest BCUT2D eigenvalue weighted by Crippen LogP contribution is 2.29. The lowest BCUT2D eigenvalue weighted by Gasteiger charge is -2.12. The molecule has 178 valence electrons. The Bertz CT molecular complexity index is 1660. The number of hydrogen-bond donors (Lipinski definition) is 0. The number of ketones is 1. The van der Waals surface area contributed by atoms with E-state index in [1.807, 2.05) is 0 Å². The van der Waals surface area contributed by atoms with E-state index in [2.05, 4.69) is 9.97 Å². The molecule has 0 unspecified atom stereocenters. The van der Waals surface area contributed by atoms with Crippen LogP contribution in [-0.4, -0.2) is 20.3 Å². The second-order valence-electron chi connectivity index (χ2n) is 8.17. The molecule has 6 nitrogen and oxygen atoms in total. The molecule has 3 heterocycles. The summed E-state index contributed by atoms with van der Waals surface area (Å²) in [5.74, 6) is -1.22. The zero-order chi connectivity index (χ0) is 25.2. The largest absolute Gasteiger partial charge is 0.452 e. The number of benzene rings is 2. The lowest BCUT2D eigenvalue weighted by molar-refractivity contribution is 0.0990. The zero-order valence-electron chi connectivity index (χ0n) is 19.1. The van der Waals surface area contributed by atoms with Crippen LogP contribution in [0.4, 0.5) is 8.78 Å². The number of fused-ring (bicyclic) bond motifs is 1. The zero-order valence-corrected chi connectivity index (χ0v) is 19.1. The second-order valence-corrected chi connectivity index (χ2v) is 8.17. The van der Waals surface area contributed by atoms with Gasteiger partial charge in [-0.3, -0.25) is 24.1 Å². The number of pyridine rings is 3. The molecule has 0 atom stereocenters. The molecule has 2 aromatic carbocycles. The average molecular weight is 483 g/mol. The van der Waals surface area contributed by atoms with Gasteiger partial charge in [0.15, 0.2) is 23.1 Å². The van der Waals surface area contributed by atoms with Gasteiger partial charge in [-0.05, 0) is 72.6 Å². The summed E-state index contributed by atoms with van der Waals surface area (Å²) in [5.41, 5.74) is 1.90. The van der Waals surface area contributed by atoms with Gasteiger partial charge in [-0.15, -0.1) is 0 Å². The molecule has 36 heavy (non-hydrogen) atoms. The highest BCUT2D eigenvalue weighted by atomic mass is 19.1. The maximum absolute atomic E-state index is 14.9. The third-order valence-corrected chi connectivity index (χ3v) is 5.72. The van der Waals surface area contributed by atoms with Crippen molar-refractivity contribution in [3.05, 3.63) is 124 Å². The van der Waals surface area contributed by atoms with E-state index in [1.54, 1.807) is 49.6 Å². The van der Waals surface area contributed by atoms with Crippen molar-refractivity contribution in [2.24, 2.45) is 0 Å². The summed E-state index contributed by atoms with van der Waals surface area (Å²) in [6, 6.07) is 16.3. The van der Waals surface area contributed by atoms with Crippen molar-refractivity contribution in [2.75, 3.05) is 0 Å². The molecule has 0 spiro atoms. The van der Waals surface area contributed by atoms with Crippen LogP contribution < -0.4 is 10.3 Å². The third-order valence-electron chi connectivity index (χ3n) is 5.72. The van der Waals surface area contributed by atoms with Crippen molar-refractivity contribution >= 4 is 16.8 Å². The van der Waals surface area contributed by atoms with Gasteiger partial charge in [0.25, 0.3) is 5.56 Å². The number of rotatable bonds is 6. The van der Waals surface area contributed by atoms with Crippen LogP contribution in [0.1, 0.15) is 21.5 Å². The molecule has 0 bridgehead atoms. The highest BCUT2D eigenvalue weighted by molar-refractivity contribution is 5.98. The van der Waals surface area contributed by atoms with Crippen LogP contribution in [-0.2, 0) is 6.42 Å². The Labute approximate surface area is 204 Å². The maximum atomic E-state index is 14.9.